The van der Waals surface area contributed by atoms with E-state index in [0.717, 1.165) is 0 Å². The van der Waals surface area contributed by atoms with Gasteiger partial charge in [-0.2, -0.15) is 0 Å². The Morgan fingerprint density at radius 1 is 1.56 bits per heavy atom. The molecule has 0 aliphatic carbocycles. The van der Waals surface area contributed by atoms with Gasteiger partial charge in [-0.25, -0.2) is 9.37 Å². The van der Waals surface area contributed by atoms with E-state index < -0.39 is 5.82 Å². The fraction of sp³-hybridized carbons (Fsp3) is 0.182. The number of thiophene rings is 1. The van der Waals surface area contributed by atoms with Gasteiger partial charge >= 0.3 is 0 Å². The number of halogens is 2. The maximum atomic E-state index is 13.5. The van der Waals surface area contributed by atoms with Crippen LogP contribution in [0.15, 0.2) is 29.8 Å². The summed E-state index contributed by atoms with van der Waals surface area (Å²) in [7, 11) is 1.80. The van der Waals surface area contributed by atoms with E-state index in [-0.39, 0.29) is 0 Å². The van der Waals surface area contributed by atoms with Crippen LogP contribution in [0, 0.1) is 5.82 Å². The van der Waals surface area contributed by atoms with Gasteiger partial charge in [-0.05, 0) is 17.5 Å². The van der Waals surface area contributed by atoms with Crippen LogP contribution in [-0.2, 0) is 6.54 Å². The molecule has 2 aromatic heterocycles. The van der Waals surface area contributed by atoms with Gasteiger partial charge in [-0.1, -0.05) is 17.7 Å². The lowest BCUT2D eigenvalue weighted by Gasteiger charge is -2.17. The van der Waals surface area contributed by atoms with Gasteiger partial charge in [-0.15, -0.1) is 11.3 Å². The fourth-order valence-corrected chi connectivity index (χ4v) is 2.30. The Kier molecular flexibility index (Phi) is 3.41. The van der Waals surface area contributed by atoms with Gasteiger partial charge in [0, 0.05) is 18.1 Å². The van der Waals surface area contributed by atoms with Crippen molar-refractivity contribution >= 4 is 28.8 Å². The van der Waals surface area contributed by atoms with Gasteiger partial charge in [-0.3, -0.25) is 0 Å². The number of hydrogen-bond acceptors (Lipinski definition) is 3. The van der Waals surface area contributed by atoms with Crippen molar-refractivity contribution in [1.29, 1.82) is 0 Å². The third kappa shape index (κ3) is 2.51. The molecule has 0 saturated heterocycles. The Morgan fingerprint density at radius 2 is 2.38 bits per heavy atom. The summed E-state index contributed by atoms with van der Waals surface area (Å²) in [6.07, 6.45) is 1.45. The standard InChI is InChI=1S/C11H10ClFN2S/c1-15(7-9-3-2-4-16-9)11-10(13)5-8(12)6-14-11/h2-6H,7H2,1H3. The molecule has 2 aromatic rings. The Bertz CT molecular complexity index is 473. The second-order valence-corrected chi connectivity index (χ2v) is 4.86. The molecule has 0 radical (unpaired) electrons. The summed E-state index contributed by atoms with van der Waals surface area (Å²) in [5.74, 6) is -0.0793. The lowest BCUT2D eigenvalue weighted by Crippen LogP contribution is -2.18. The summed E-state index contributed by atoms with van der Waals surface area (Å²) in [5, 5.41) is 2.31. The predicted octanol–water partition coefficient (Wildman–Crippen LogP) is 3.57. The zero-order valence-corrected chi connectivity index (χ0v) is 10.2. The molecular weight excluding hydrogens is 247 g/mol. The van der Waals surface area contributed by atoms with Crippen molar-refractivity contribution < 1.29 is 4.39 Å². The number of nitrogens with zero attached hydrogens (tertiary/aromatic N) is 2. The van der Waals surface area contributed by atoms with E-state index in [1.165, 1.54) is 17.1 Å². The SMILES string of the molecule is CN(Cc1cccs1)c1ncc(Cl)cc1F. The summed E-state index contributed by atoms with van der Waals surface area (Å²) in [6.45, 7) is 0.642. The Morgan fingerprint density at radius 3 is 3.00 bits per heavy atom. The van der Waals surface area contributed by atoms with Gasteiger partial charge < -0.3 is 4.90 Å². The van der Waals surface area contributed by atoms with Crippen LogP contribution in [0.3, 0.4) is 0 Å². The van der Waals surface area contributed by atoms with Crippen LogP contribution in [0.1, 0.15) is 4.88 Å². The minimum Gasteiger partial charge on any atom is -0.352 e. The maximum absolute atomic E-state index is 13.5. The fourth-order valence-electron chi connectivity index (χ4n) is 1.40. The highest BCUT2D eigenvalue weighted by Crippen LogP contribution is 2.21. The first-order valence-electron chi connectivity index (χ1n) is 4.71. The zero-order chi connectivity index (χ0) is 11.5. The minimum atomic E-state index is -0.397. The highest BCUT2D eigenvalue weighted by Gasteiger charge is 2.10. The van der Waals surface area contributed by atoms with Crippen molar-refractivity contribution in [2.75, 3.05) is 11.9 Å². The lowest BCUT2D eigenvalue weighted by atomic mass is 10.4. The summed E-state index contributed by atoms with van der Waals surface area (Å²) >= 11 is 7.28. The van der Waals surface area contributed by atoms with Gasteiger partial charge in [0.15, 0.2) is 11.6 Å². The van der Waals surface area contributed by atoms with Gasteiger partial charge in [0.25, 0.3) is 0 Å². The predicted molar refractivity (Wildman–Crippen MR) is 65.6 cm³/mol. The van der Waals surface area contributed by atoms with Crippen LogP contribution in [0.4, 0.5) is 10.2 Å². The number of anilines is 1. The maximum Gasteiger partial charge on any atom is 0.167 e. The van der Waals surface area contributed by atoms with Crippen molar-refractivity contribution in [3.05, 3.63) is 45.5 Å². The third-order valence-corrected chi connectivity index (χ3v) is 3.19. The molecule has 5 heteroatoms. The van der Waals surface area contributed by atoms with Crippen molar-refractivity contribution in [2.45, 2.75) is 6.54 Å². The van der Waals surface area contributed by atoms with Crippen LogP contribution in [-0.4, -0.2) is 12.0 Å². The molecule has 0 amide bonds. The van der Waals surface area contributed by atoms with Crippen molar-refractivity contribution in [2.24, 2.45) is 0 Å². The normalized spacial score (nSPS) is 10.4. The first kappa shape index (κ1) is 11.4. The Balaban J connectivity index is 2.17. The quantitative estimate of drug-likeness (QED) is 0.835. The summed E-state index contributed by atoms with van der Waals surface area (Å²) in [6, 6.07) is 5.25. The molecular formula is C11H10ClFN2S. The van der Waals surface area contributed by atoms with Crippen molar-refractivity contribution in [3.8, 4) is 0 Å². The lowest BCUT2D eigenvalue weighted by molar-refractivity contribution is 0.615. The smallest absolute Gasteiger partial charge is 0.167 e. The molecule has 0 unspecified atom stereocenters. The molecule has 2 nitrogen and oxygen atoms in total. The summed E-state index contributed by atoms with van der Waals surface area (Å²) in [5.41, 5.74) is 0. The van der Waals surface area contributed by atoms with E-state index in [1.54, 1.807) is 23.3 Å². The Hall–Kier alpha value is -1.13. The molecule has 0 fully saturated rings. The van der Waals surface area contributed by atoms with Crippen molar-refractivity contribution in [1.82, 2.24) is 4.98 Å². The molecule has 0 spiro atoms. The van der Waals surface area contributed by atoms with E-state index in [0.29, 0.717) is 17.4 Å². The van der Waals surface area contributed by atoms with Gasteiger partial charge in [0.05, 0.1) is 11.6 Å². The third-order valence-electron chi connectivity index (χ3n) is 2.12. The molecule has 0 N–H and O–H groups in total. The van der Waals surface area contributed by atoms with E-state index in [4.69, 9.17) is 11.6 Å². The van der Waals surface area contributed by atoms with Crippen LogP contribution < -0.4 is 4.90 Å². The Labute approximate surface area is 102 Å². The molecule has 2 rings (SSSR count). The topological polar surface area (TPSA) is 16.1 Å². The van der Waals surface area contributed by atoms with E-state index in [1.807, 2.05) is 17.5 Å². The molecule has 0 bridgehead atoms. The molecule has 16 heavy (non-hydrogen) atoms. The second kappa shape index (κ2) is 4.80. The highest BCUT2D eigenvalue weighted by atomic mass is 35.5. The first-order chi connectivity index (χ1) is 7.66. The minimum absolute atomic E-state index is 0.311. The molecule has 0 atom stereocenters. The number of rotatable bonds is 3. The number of aromatic nitrogens is 1. The molecule has 2 heterocycles. The van der Waals surface area contributed by atoms with E-state index >= 15 is 0 Å². The number of hydrogen-bond donors (Lipinski definition) is 0. The van der Waals surface area contributed by atoms with Gasteiger partial charge in [0.1, 0.15) is 0 Å². The summed E-state index contributed by atoms with van der Waals surface area (Å²) < 4.78 is 13.5. The molecule has 84 valence electrons. The average Bonchev–Trinajstić information content (AvgIpc) is 2.70. The summed E-state index contributed by atoms with van der Waals surface area (Å²) in [4.78, 5) is 6.91. The van der Waals surface area contributed by atoms with Crippen LogP contribution in [0.25, 0.3) is 0 Å². The van der Waals surface area contributed by atoms with Crippen LogP contribution >= 0.6 is 22.9 Å². The monoisotopic (exact) mass is 256 g/mol. The van der Waals surface area contributed by atoms with E-state index in [2.05, 4.69) is 4.98 Å². The zero-order valence-electron chi connectivity index (χ0n) is 8.65. The molecule has 0 aliphatic rings. The second-order valence-electron chi connectivity index (χ2n) is 3.39. The first-order valence-corrected chi connectivity index (χ1v) is 5.97. The molecule has 0 saturated carbocycles. The molecule has 0 aliphatic heterocycles. The van der Waals surface area contributed by atoms with Crippen molar-refractivity contribution in [3.63, 3.8) is 0 Å². The van der Waals surface area contributed by atoms with Crippen LogP contribution in [0.2, 0.25) is 5.02 Å². The highest BCUT2D eigenvalue weighted by molar-refractivity contribution is 7.09. The van der Waals surface area contributed by atoms with E-state index in [9.17, 15) is 4.39 Å². The average molecular weight is 257 g/mol. The van der Waals surface area contributed by atoms with Crippen LogP contribution in [0.5, 0.6) is 0 Å². The number of pyridine rings is 1. The largest absolute Gasteiger partial charge is 0.352 e. The van der Waals surface area contributed by atoms with Gasteiger partial charge in [0.2, 0.25) is 0 Å². The molecule has 0 aromatic carbocycles.